The Bertz CT molecular complexity index is 395. The highest BCUT2D eigenvalue weighted by Crippen LogP contribution is 2.42. The third-order valence-corrected chi connectivity index (χ3v) is 2.06. The molecule has 0 amide bonds. The van der Waals surface area contributed by atoms with Crippen LogP contribution >= 0.6 is 0 Å². The van der Waals surface area contributed by atoms with Gasteiger partial charge in [-0.05, 0) is 0 Å². The van der Waals surface area contributed by atoms with Crippen LogP contribution in [0.4, 0.5) is 0 Å². The van der Waals surface area contributed by atoms with Gasteiger partial charge in [-0.15, -0.1) is 0 Å². The molecule has 0 spiro atoms. The van der Waals surface area contributed by atoms with Crippen LogP contribution in [0.1, 0.15) is 0 Å². The average Bonchev–Trinajstić information content (AvgIpc) is 2.64. The maximum atomic E-state index is 3.21. The summed E-state index contributed by atoms with van der Waals surface area (Å²) in [6.07, 6.45) is 0. The maximum absolute atomic E-state index is 3.21. The van der Waals surface area contributed by atoms with E-state index < -0.39 is 0 Å². The van der Waals surface area contributed by atoms with Crippen LogP contribution in [0.25, 0.3) is 33.1 Å². The van der Waals surface area contributed by atoms with Gasteiger partial charge in [-0.2, -0.15) is 0 Å². The summed E-state index contributed by atoms with van der Waals surface area (Å²) in [5.74, 6) is 0. The molecule has 0 aliphatic heterocycles. The number of nitrogens with one attached hydrogen (secondary N) is 3. The van der Waals surface area contributed by atoms with E-state index in [1.807, 2.05) is 0 Å². The Morgan fingerprint density at radius 3 is 0.889 bits per heavy atom. The zero-order valence-electron chi connectivity index (χ0n) is 4.50. The summed E-state index contributed by atoms with van der Waals surface area (Å²) in [6.45, 7) is 0. The van der Waals surface area contributed by atoms with Crippen LogP contribution in [0.2, 0.25) is 0 Å². The van der Waals surface area contributed by atoms with Crippen molar-refractivity contribution < 1.29 is 0 Å². The first-order valence-electron chi connectivity index (χ1n) is 3.00. The van der Waals surface area contributed by atoms with Crippen molar-refractivity contribution in [2.24, 2.45) is 0 Å². The van der Waals surface area contributed by atoms with Crippen molar-refractivity contribution in [1.82, 2.24) is 15.0 Å². The fraction of sp³-hybridized carbons (Fsp3) is 0. The van der Waals surface area contributed by atoms with Gasteiger partial charge in [-0.1, -0.05) is 0 Å². The van der Waals surface area contributed by atoms with Crippen molar-refractivity contribution in [2.45, 2.75) is 0 Å². The normalized spacial score (nSPS) is 14.7. The van der Waals surface area contributed by atoms with E-state index in [4.69, 9.17) is 0 Å². The second kappa shape index (κ2) is 0.543. The average molecular weight is 117 g/mol. The number of aromatic amines is 3. The fourth-order valence-corrected chi connectivity index (χ4v) is 1.41. The number of hydrogen-bond donors (Lipinski definition) is 3. The fourth-order valence-electron chi connectivity index (χ4n) is 1.41. The van der Waals surface area contributed by atoms with E-state index in [0.717, 1.165) is 0 Å². The first kappa shape index (κ1) is 2.96. The molecule has 0 saturated carbocycles. The molecule has 0 radical (unpaired) electrons. The van der Waals surface area contributed by atoms with Crippen LogP contribution in [0.3, 0.4) is 0 Å². The number of hydrogen-bond acceptors (Lipinski definition) is 0. The Labute approximate surface area is 49.0 Å². The highest BCUT2D eigenvalue weighted by molar-refractivity contribution is 6.31. The molecule has 42 valence electrons. The lowest BCUT2D eigenvalue weighted by atomic mass is 10.4. The number of fused-ring (bicyclic) bond motifs is 6. The number of rotatable bonds is 0. The number of H-pyrrole nitrogens is 3. The lowest BCUT2D eigenvalue weighted by Gasteiger charge is -1.54. The molecule has 3 heteroatoms. The lowest BCUT2D eigenvalue weighted by Crippen LogP contribution is -1.34. The highest BCUT2D eigenvalue weighted by atomic mass is 15.0. The van der Waals surface area contributed by atoms with Crippen molar-refractivity contribution >= 4 is 33.1 Å². The zero-order chi connectivity index (χ0) is 5.59. The van der Waals surface area contributed by atoms with Gasteiger partial charge in [0.25, 0.3) is 0 Å². The molecule has 3 heterocycles. The first-order valence-corrected chi connectivity index (χ1v) is 3.00. The van der Waals surface area contributed by atoms with E-state index in [1.165, 1.54) is 33.1 Å². The Balaban J connectivity index is 2.75. The van der Waals surface area contributed by atoms with Gasteiger partial charge in [-0.3, -0.25) is 0 Å². The molecular formula is C6H3N3. The molecule has 0 saturated heterocycles. The minimum atomic E-state index is 1.31. The van der Waals surface area contributed by atoms with Crippen molar-refractivity contribution in [3.8, 4) is 0 Å². The smallest absolute Gasteiger partial charge is 0.0908 e. The molecule has 0 aliphatic carbocycles. The first-order chi connectivity index (χ1) is 4.45. The summed E-state index contributed by atoms with van der Waals surface area (Å²) < 4.78 is 0. The zero-order valence-corrected chi connectivity index (χ0v) is 4.50. The summed E-state index contributed by atoms with van der Waals surface area (Å²) in [4.78, 5) is 9.62. The van der Waals surface area contributed by atoms with E-state index >= 15 is 0 Å². The van der Waals surface area contributed by atoms with Crippen LogP contribution in [0, 0.1) is 0 Å². The Morgan fingerprint density at radius 2 is 0.667 bits per heavy atom. The van der Waals surface area contributed by atoms with E-state index in [9.17, 15) is 0 Å². The van der Waals surface area contributed by atoms with Crippen molar-refractivity contribution in [2.75, 3.05) is 0 Å². The summed E-state index contributed by atoms with van der Waals surface area (Å²) in [6, 6.07) is 0. The highest BCUT2D eigenvalue weighted by Gasteiger charge is 2.24. The molecular weight excluding hydrogens is 114 g/mol. The monoisotopic (exact) mass is 117 g/mol. The third-order valence-electron chi connectivity index (χ3n) is 2.06. The molecule has 3 nitrogen and oxygen atoms in total. The summed E-state index contributed by atoms with van der Waals surface area (Å²) in [5.41, 5.74) is 7.88. The number of benzene rings is 1. The standard InChI is InChI=1S/C6H3N3/c7-1-2(7)4-6(9-4)5-3(1)8-5/h7-9H. The molecule has 0 atom stereocenters. The van der Waals surface area contributed by atoms with Gasteiger partial charge in [0.15, 0.2) is 0 Å². The number of aromatic nitrogens is 3. The molecule has 1 aromatic carbocycles. The second-order valence-corrected chi connectivity index (χ2v) is 2.62. The SMILES string of the molecule is [nH]1c2c3[nH]c3c3[nH]c3c12. The molecule has 0 bridgehead atoms. The van der Waals surface area contributed by atoms with Gasteiger partial charge in [0.2, 0.25) is 0 Å². The van der Waals surface area contributed by atoms with Gasteiger partial charge < -0.3 is 15.0 Å². The predicted octanol–water partition coefficient (Wildman–Crippen LogP) is 1.44. The second-order valence-electron chi connectivity index (χ2n) is 2.62. The molecule has 3 N–H and O–H groups in total. The predicted molar refractivity (Wildman–Crippen MR) is 35.6 cm³/mol. The van der Waals surface area contributed by atoms with Crippen LogP contribution in [-0.4, -0.2) is 15.0 Å². The lowest BCUT2D eigenvalue weighted by molar-refractivity contribution is 1.73. The van der Waals surface area contributed by atoms with Crippen LogP contribution < -0.4 is 0 Å². The van der Waals surface area contributed by atoms with E-state index in [2.05, 4.69) is 15.0 Å². The van der Waals surface area contributed by atoms with Crippen LogP contribution in [0.15, 0.2) is 0 Å². The molecule has 9 heavy (non-hydrogen) atoms. The molecule has 4 rings (SSSR count). The third kappa shape index (κ3) is 0.173. The minimum absolute atomic E-state index is 1.31. The quantitative estimate of drug-likeness (QED) is 0.312. The largest absolute Gasteiger partial charge is 0.348 e. The van der Waals surface area contributed by atoms with Gasteiger partial charge in [0.05, 0.1) is 33.1 Å². The van der Waals surface area contributed by atoms with Gasteiger partial charge >= 0.3 is 0 Å². The van der Waals surface area contributed by atoms with Crippen LogP contribution in [-0.2, 0) is 0 Å². The maximum Gasteiger partial charge on any atom is 0.0908 e. The topological polar surface area (TPSA) is 47.4 Å². The Morgan fingerprint density at radius 1 is 0.444 bits per heavy atom. The molecule has 0 unspecified atom stereocenters. The van der Waals surface area contributed by atoms with Crippen LogP contribution in [0.5, 0.6) is 0 Å². The molecule has 3 aromatic heterocycles. The summed E-state index contributed by atoms with van der Waals surface area (Å²) in [7, 11) is 0. The summed E-state index contributed by atoms with van der Waals surface area (Å²) >= 11 is 0. The Hall–Kier alpha value is -1.38. The molecule has 0 aliphatic rings. The van der Waals surface area contributed by atoms with Crippen molar-refractivity contribution in [3.05, 3.63) is 0 Å². The minimum Gasteiger partial charge on any atom is -0.348 e. The Kier molecular flexibility index (Phi) is 0.179. The van der Waals surface area contributed by atoms with E-state index in [1.54, 1.807) is 0 Å². The van der Waals surface area contributed by atoms with E-state index in [-0.39, 0.29) is 0 Å². The molecule has 0 fully saturated rings. The van der Waals surface area contributed by atoms with Gasteiger partial charge in [0, 0.05) is 0 Å². The van der Waals surface area contributed by atoms with Gasteiger partial charge in [0.1, 0.15) is 0 Å². The van der Waals surface area contributed by atoms with Gasteiger partial charge in [-0.25, -0.2) is 0 Å². The molecule has 4 aromatic rings. The summed E-state index contributed by atoms with van der Waals surface area (Å²) in [5, 5.41) is 0. The van der Waals surface area contributed by atoms with Crippen molar-refractivity contribution in [3.63, 3.8) is 0 Å². The van der Waals surface area contributed by atoms with Crippen molar-refractivity contribution in [1.29, 1.82) is 0 Å². The van der Waals surface area contributed by atoms with E-state index in [0.29, 0.717) is 0 Å².